The van der Waals surface area contributed by atoms with Crippen molar-refractivity contribution >= 4 is 16.9 Å². The number of fused-ring (bicyclic) bond motifs is 1. The number of ether oxygens (including phenoxy) is 1. The van der Waals surface area contributed by atoms with Crippen molar-refractivity contribution in [2.75, 3.05) is 0 Å². The molecule has 0 saturated carbocycles. The molecule has 1 N–H and O–H groups in total. The van der Waals surface area contributed by atoms with Crippen molar-refractivity contribution in [2.45, 2.75) is 27.4 Å². The molecule has 0 saturated heterocycles. The average Bonchev–Trinajstić information content (AvgIpc) is 2.96. The summed E-state index contributed by atoms with van der Waals surface area (Å²) in [5, 5.41) is 8.53. The molecule has 0 aliphatic rings. The fraction of sp³-hybridized carbons (Fsp3) is 0.263. The summed E-state index contributed by atoms with van der Waals surface area (Å²) in [6.45, 7) is 5.83. The van der Waals surface area contributed by atoms with E-state index in [2.05, 4.69) is 10.2 Å². The molecule has 4 nitrogen and oxygen atoms in total. The summed E-state index contributed by atoms with van der Waals surface area (Å²) in [5.74, 6) is -0.195. The van der Waals surface area contributed by atoms with Crippen LogP contribution in [0.25, 0.3) is 22.2 Å². The summed E-state index contributed by atoms with van der Waals surface area (Å²) in [4.78, 5) is 11.8. The second-order valence-electron chi connectivity index (χ2n) is 6.64. The molecule has 1 heterocycles. The lowest BCUT2D eigenvalue weighted by molar-refractivity contribution is -0.154. The van der Waals surface area contributed by atoms with Gasteiger partial charge in [0.25, 0.3) is 0 Å². The van der Waals surface area contributed by atoms with Gasteiger partial charge in [-0.1, -0.05) is 42.5 Å². The Hall–Kier alpha value is -2.62. The fourth-order valence-electron chi connectivity index (χ4n) is 2.31. The number of carbonyl (C=O) groups is 1. The van der Waals surface area contributed by atoms with Crippen molar-refractivity contribution in [1.29, 1.82) is 0 Å². The number of nitrogens with zero attached hydrogens (tertiary/aromatic N) is 1. The monoisotopic (exact) mass is 308 g/mol. The molecule has 2 aromatic carbocycles. The third-order valence-corrected chi connectivity index (χ3v) is 3.68. The first-order valence-electron chi connectivity index (χ1n) is 7.65. The number of carbonyl (C=O) groups excluding carboxylic acids is 1. The zero-order valence-corrected chi connectivity index (χ0v) is 13.6. The molecule has 0 aliphatic carbocycles. The number of para-hydroxylation sites is 1. The van der Waals surface area contributed by atoms with Crippen LogP contribution >= 0.6 is 0 Å². The van der Waals surface area contributed by atoms with Crippen LogP contribution in [-0.2, 0) is 16.1 Å². The molecule has 23 heavy (non-hydrogen) atoms. The van der Waals surface area contributed by atoms with Gasteiger partial charge in [0, 0.05) is 10.9 Å². The normalized spacial score (nSPS) is 11.6. The Bertz CT molecular complexity index is 826. The SMILES string of the molecule is CC(C)(C)C(=O)OCc1ccc(-c2n[nH]c3ccccc23)cc1. The molecule has 0 unspecified atom stereocenters. The number of aromatic nitrogens is 2. The molecule has 0 bridgehead atoms. The first-order valence-corrected chi connectivity index (χ1v) is 7.65. The molecule has 4 heteroatoms. The van der Waals surface area contributed by atoms with Crippen LogP contribution in [0.1, 0.15) is 26.3 Å². The quantitative estimate of drug-likeness (QED) is 0.733. The lowest BCUT2D eigenvalue weighted by atomic mass is 9.97. The minimum Gasteiger partial charge on any atom is -0.460 e. The van der Waals surface area contributed by atoms with Gasteiger partial charge in [-0.15, -0.1) is 0 Å². The van der Waals surface area contributed by atoms with Crippen molar-refractivity contribution in [3.63, 3.8) is 0 Å². The number of H-pyrrole nitrogens is 1. The van der Waals surface area contributed by atoms with Crippen LogP contribution in [-0.4, -0.2) is 16.2 Å². The fourth-order valence-corrected chi connectivity index (χ4v) is 2.31. The summed E-state index contributed by atoms with van der Waals surface area (Å²) in [5.41, 5.74) is 3.47. The molecule has 0 atom stereocenters. The van der Waals surface area contributed by atoms with Crippen LogP contribution in [0.2, 0.25) is 0 Å². The van der Waals surface area contributed by atoms with E-state index in [9.17, 15) is 4.79 Å². The highest BCUT2D eigenvalue weighted by atomic mass is 16.5. The Kier molecular flexibility index (Phi) is 3.90. The number of benzene rings is 2. The lowest BCUT2D eigenvalue weighted by Crippen LogP contribution is -2.22. The van der Waals surface area contributed by atoms with Gasteiger partial charge in [0.05, 0.1) is 16.6 Å². The van der Waals surface area contributed by atoms with Gasteiger partial charge in [-0.3, -0.25) is 9.89 Å². The molecule has 0 aliphatic heterocycles. The highest BCUT2D eigenvalue weighted by Crippen LogP contribution is 2.26. The van der Waals surface area contributed by atoms with Crippen LogP contribution in [0.15, 0.2) is 48.5 Å². The van der Waals surface area contributed by atoms with Gasteiger partial charge in [0.2, 0.25) is 0 Å². The molecule has 0 radical (unpaired) electrons. The third kappa shape index (κ3) is 3.26. The summed E-state index contributed by atoms with van der Waals surface area (Å²) in [6.07, 6.45) is 0. The minimum atomic E-state index is -0.478. The Morgan fingerprint density at radius 1 is 1.09 bits per heavy atom. The van der Waals surface area contributed by atoms with Crippen molar-refractivity contribution in [3.05, 3.63) is 54.1 Å². The van der Waals surface area contributed by atoms with E-state index in [1.165, 1.54) is 0 Å². The predicted molar refractivity (Wildman–Crippen MR) is 90.8 cm³/mol. The number of aromatic amines is 1. The van der Waals surface area contributed by atoms with E-state index in [1.807, 2.05) is 69.3 Å². The van der Waals surface area contributed by atoms with E-state index < -0.39 is 5.41 Å². The van der Waals surface area contributed by atoms with E-state index in [0.29, 0.717) is 0 Å². The maximum atomic E-state index is 11.8. The van der Waals surface area contributed by atoms with E-state index >= 15 is 0 Å². The average molecular weight is 308 g/mol. The number of hydrogen-bond donors (Lipinski definition) is 1. The summed E-state index contributed by atoms with van der Waals surface area (Å²) < 4.78 is 5.33. The molecule has 0 fully saturated rings. The van der Waals surface area contributed by atoms with Gasteiger partial charge in [-0.25, -0.2) is 0 Å². The van der Waals surface area contributed by atoms with Gasteiger partial charge < -0.3 is 4.74 Å². The Morgan fingerprint density at radius 2 is 1.78 bits per heavy atom. The van der Waals surface area contributed by atoms with Gasteiger partial charge in [0.1, 0.15) is 6.61 Å². The van der Waals surface area contributed by atoms with Crippen molar-refractivity contribution < 1.29 is 9.53 Å². The second kappa shape index (κ2) is 5.88. The predicted octanol–water partition coefficient (Wildman–Crippen LogP) is 4.32. The highest BCUT2D eigenvalue weighted by molar-refractivity contribution is 5.92. The molecule has 0 amide bonds. The van der Waals surface area contributed by atoms with Gasteiger partial charge in [-0.05, 0) is 32.4 Å². The van der Waals surface area contributed by atoms with Crippen LogP contribution in [0.4, 0.5) is 0 Å². The largest absolute Gasteiger partial charge is 0.460 e. The minimum absolute atomic E-state index is 0.195. The standard InChI is InChI=1S/C19H20N2O2/c1-19(2,3)18(22)23-12-13-8-10-14(11-9-13)17-15-6-4-5-7-16(15)20-21-17/h4-11H,12H2,1-3H3,(H,20,21). The first kappa shape index (κ1) is 15.3. The third-order valence-electron chi connectivity index (χ3n) is 3.68. The maximum Gasteiger partial charge on any atom is 0.311 e. The van der Waals surface area contributed by atoms with Crippen molar-refractivity contribution in [1.82, 2.24) is 10.2 Å². The summed E-state index contributed by atoms with van der Waals surface area (Å²) >= 11 is 0. The van der Waals surface area contributed by atoms with Crippen molar-refractivity contribution in [3.8, 4) is 11.3 Å². The zero-order chi connectivity index (χ0) is 16.4. The lowest BCUT2D eigenvalue weighted by Gasteiger charge is -2.16. The molecule has 3 rings (SSSR count). The van der Waals surface area contributed by atoms with E-state index in [1.54, 1.807) is 0 Å². The number of nitrogens with one attached hydrogen (secondary N) is 1. The molecule has 3 aromatic rings. The number of hydrogen-bond acceptors (Lipinski definition) is 3. The van der Waals surface area contributed by atoms with Crippen LogP contribution in [0, 0.1) is 5.41 Å². The van der Waals surface area contributed by atoms with Crippen LogP contribution in [0.3, 0.4) is 0 Å². The van der Waals surface area contributed by atoms with E-state index in [4.69, 9.17) is 4.74 Å². The Balaban J connectivity index is 1.76. The van der Waals surface area contributed by atoms with Gasteiger partial charge in [-0.2, -0.15) is 5.10 Å². The molecule has 1 aromatic heterocycles. The zero-order valence-electron chi connectivity index (χ0n) is 13.6. The molecule has 0 spiro atoms. The first-order chi connectivity index (χ1) is 10.9. The molecular weight excluding hydrogens is 288 g/mol. The molecule has 118 valence electrons. The summed E-state index contributed by atoms with van der Waals surface area (Å²) in [6, 6.07) is 16.0. The smallest absolute Gasteiger partial charge is 0.311 e. The number of rotatable bonds is 3. The van der Waals surface area contributed by atoms with Gasteiger partial charge >= 0.3 is 5.97 Å². The van der Waals surface area contributed by atoms with E-state index in [-0.39, 0.29) is 12.6 Å². The Labute approximate surface area is 135 Å². The van der Waals surface area contributed by atoms with Crippen LogP contribution in [0.5, 0.6) is 0 Å². The second-order valence-corrected chi connectivity index (χ2v) is 6.64. The summed E-state index contributed by atoms with van der Waals surface area (Å²) in [7, 11) is 0. The maximum absolute atomic E-state index is 11.8. The number of esters is 1. The topological polar surface area (TPSA) is 55.0 Å². The van der Waals surface area contributed by atoms with Crippen molar-refractivity contribution in [2.24, 2.45) is 5.41 Å². The highest BCUT2D eigenvalue weighted by Gasteiger charge is 2.22. The molecular formula is C19H20N2O2. The van der Waals surface area contributed by atoms with Crippen LogP contribution < -0.4 is 0 Å². The van der Waals surface area contributed by atoms with Gasteiger partial charge in [0.15, 0.2) is 0 Å². The Morgan fingerprint density at radius 3 is 2.48 bits per heavy atom. The van der Waals surface area contributed by atoms with E-state index in [0.717, 1.165) is 27.7 Å².